The van der Waals surface area contributed by atoms with Crippen LogP contribution in [0.4, 0.5) is 5.82 Å². The predicted molar refractivity (Wildman–Crippen MR) is 76.5 cm³/mol. The van der Waals surface area contributed by atoms with Gasteiger partial charge in [-0.05, 0) is 25.0 Å². The van der Waals surface area contributed by atoms with Crippen LogP contribution in [-0.2, 0) is 4.79 Å². The fourth-order valence-corrected chi connectivity index (χ4v) is 2.89. The van der Waals surface area contributed by atoms with Crippen LogP contribution in [0, 0.1) is 5.92 Å². The zero-order valence-electron chi connectivity index (χ0n) is 11.1. The van der Waals surface area contributed by atoms with E-state index in [4.69, 9.17) is 0 Å². The number of nitrogens with zero attached hydrogens (tertiary/aromatic N) is 2. The Kier molecular flexibility index (Phi) is 3.50. The number of aliphatic carboxylic acids is 1. The maximum atomic E-state index is 11.3. The van der Waals surface area contributed by atoms with Gasteiger partial charge in [0.15, 0.2) is 0 Å². The molecule has 0 aliphatic heterocycles. The molecular weight excluding hydrogens is 254 g/mol. The first-order valence-corrected chi connectivity index (χ1v) is 6.95. The monoisotopic (exact) mass is 271 g/mol. The molecule has 0 spiro atoms. The van der Waals surface area contributed by atoms with Crippen LogP contribution < -0.4 is 5.32 Å². The Balaban J connectivity index is 1.90. The summed E-state index contributed by atoms with van der Waals surface area (Å²) < 4.78 is 0. The lowest BCUT2D eigenvalue weighted by Crippen LogP contribution is -2.37. The molecule has 0 radical (unpaired) electrons. The Morgan fingerprint density at radius 3 is 2.85 bits per heavy atom. The van der Waals surface area contributed by atoms with E-state index < -0.39 is 5.97 Å². The van der Waals surface area contributed by atoms with E-state index in [9.17, 15) is 9.90 Å². The van der Waals surface area contributed by atoms with Gasteiger partial charge < -0.3 is 10.4 Å². The van der Waals surface area contributed by atoms with E-state index in [1.54, 1.807) is 0 Å². The lowest BCUT2D eigenvalue weighted by Gasteiger charge is -2.29. The van der Waals surface area contributed by atoms with Crippen LogP contribution in [0.3, 0.4) is 0 Å². The number of carboxylic acid groups (broad SMARTS) is 1. The summed E-state index contributed by atoms with van der Waals surface area (Å²) >= 11 is 0. The topological polar surface area (TPSA) is 75.1 Å². The Hall–Kier alpha value is -2.17. The molecule has 1 aromatic carbocycles. The summed E-state index contributed by atoms with van der Waals surface area (Å²) in [5, 5.41) is 13.6. The molecule has 5 heteroatoms. The third-order valence-corrected chi connectivity index (χ3v) is 3.95. The van der Waals surface area contributed by atoms with Crippen molar-refractivity contribution in [1.29, 1.82) is 0 Å². The van der Waals surface area contributed by atoms with Gasteiger partial charge in [0.1, 0.15) is 12.1 Å². The number of fused-ring (bicyclic) bond motifs is 1. The van der Waals surface area contributed by atoms with E-state index in [0.717, 1.165) is 42.4 Å². The number of carboxylic acids is 1. The molecule has 0 amide bonds. The number of para-hydroxylation sites is 1. The van der Waals surface area contributed by atoms with Gasteiger partial charge in [-0.2, -0.15) is 0 Å². The molecule has 1 fully saturated rings. The molecule has 2 unspecified atom stereocenters. The molecule has 1 aliphatic rings. The first kappa shape index (κ1) is 12.8. The van der Waals surface area contributed by atoms with Crippen molar-refractivity contribution in [2.45, 2.75) is 31.7 Å². The molecule has 2 N–H and O–H groups in total. The molecule has 1 saturated carbocycles. The summed E-state index contributed by atoms with van der Waals surface area (Å²) in [6.45, 7) is 0. The Morgan fingerprint density at radius 2 is 2.00 bits per heavy atom. The van der Waals surface area contributed by atoms with Gasteiger partial charge in [-0.25, -0.2) is 9.97 Å². The van der Waals surface area contributed by atoms with Crippen LogP contribution >= 0.6 is 0 Å². The van der Waals surface area contributed by atoms with Gasteiger partial charge >= 0.3 is 5.97 Å². The van der Waals surface area contributed by atoms with Gasteiger partial charge in [0, 0.05) is 11.4 Å². The SMILES string of the molecule is O=C(O)C1CCCCC1Nc1ncnc2ccccc12. The van der Waals surface area contributed by atoms with Crippen molar-refractivity contribution in [3.8, 4) is 0 Å². The van der Waals surface area contributed by atoms with Crippen LogP contribution in [0.25, 0.3) is 10.9 Å². The highest BCUT2D eigenvalue weighted by Crippen LogP contribution is 2.29. The van der Waals surface area contributed by atoms with Crippen LogP contribution in [0.1, 0.15) is 25.7 Å². The molecule has 2 atom stereocenters. The fraction of sp³-hybridized carbons (Fsp3) is 0.400. The highest BCUT2D eigenvalue weighted by molar-refractivity contribution is 5.89. The Morgan fingerprint density at radius 1 is 1.20 bits per heavy atom. The maximum Gasteiger partial charge on any atom is 0.308 e. The number of benzene rings is 1. The van der Waals surface area contributed by atoms with E-state index in [0.29, 0.717) is 0 Å². The predicted octanol–water partition coefficient (Wildman–Crippen LogP) is 2.69. The van der Waals surface area contributed by atoms with Gasteiger partial charge in [-0.3, -0.25) is 4.79 Å². The molecule has 20 heavy (non-hydrogen) atoms. The van der Waals surface area contributed by atoms with E-state index >= 15 is 0 Å². The largest absolute Gasteiger partial charge is 0.481 e. The Bertz CT molecular complexity index is 624. The summed E-state index contributed by atoms with van der Waals surface area (Å²) in [7, 11) is 0. The van der Waals surface area contributed by atoms with Crippen molar-refractivity contribution < 1.29 is 9.90 Å². The van der Waals surface area contributed by atoms with Crippen molar-refractivity contribution in [3.63, 3.8) is 0 Å². The van der Waals surface area contributed by atoms with E-state index in [1.165, 1.54) is 6.33 Å². The minimum atomic E-state index is -0.722. The molecular formula is C15H17N3O2. The molecule has 0 bridgehead atoms. The quantitative estimate of drug-likeness (QED) is 0.897. The molecule has 1 aliphatic carbocycles. The summed E-state index contributed by atoms with van der Waals surface area (Å²) in [6.07, 6.45) is 5.17. The van der Waals surface area contributed by atoms with E-state index in [2.05, 4.69) is 15.3 Å². The fourth-order valence-electron chi connectivity index (χ4n) is 2.89. The smallest absolute Gasteiger partial charge is 0.308 e. The van der Waals surface area contributed by atoms with Crippen molar-refractivity contribution in [2.24, 2.45) is 5.92 Å². The molecule has 0 saturated heterocycles. The maximum absolute atomic E-state index is 11.3. The van der Waals surface area contributed by atoms with Crippen LogP contribution in [0.5, 0.6) is 0 Å². The number of nitrogens with one attached hydrogen (secondary N) is 1. The van der Waals surface area contributed by atoms with Gasteiger partial charge in [0.25, 0.3) is 0 Å². The Labute approximate surface area is 117 Å². The van der Waals surface area contributed by atoms with Gasteiger partial charge in [-0.1, -0.05) is 25.0 Å². The van der Waals surface area contributed by atoms with Crippen molar-refractivity contribution in [3.05, 3.63) is 30.6 Å². The minimum absolute atomic E-state index is 0.0560. The number of hydrogen-bond acceptors (Lipinski definition) is 4. The van der Waals surface area contributed by atoms with Gasteiger partial charge in [0.2, 0.25) is 0 Å². The summed E-state index contributed by atoms with van der Waals surface area (Å²) in [4.78, 5) is 19.8. The summed E-state index contributed by atoms with van der Waals surface area (Å²) in [5.74, 6) is -0.327. The molecule has 1 heterocycles. The number of anilines is 1. The normalized spacial score (nSPS) is 22.6. The van der Waals surface area contributed by atoms with E-state index in [1.807, 2.05) is 24.3 Å². The molecule has 1 aromatic heterocycles. The average Bonchev–Trinajstić information content (AvgIpc) is 2.48. The second kappa shape index (κ2) is 5.45. The van der Waals surface area contributed by atoms with Crippen LogP contribution in [-0.4, -0.2) is 27.1 Å². The van der Waals surface area contributed by atoms with E-state index in [-0.39, 0.29) is 12.0 Å². The third-order valence-electron chi connectivity index (χ3n) is 3.95. The molecule has 104 valence electrons. The van der Waals surface area contributed by atoms with Gasteiger partial charge in [-0.15, -0.1) is 0 Å². The summed E-state index contributed by atoms with van der Waals surface area (Å²) in [6, 6.07) is 7.69. The zero-order chi connectivity index (χ0) is 13.9. The summed E-state index contributed by atoms with van der Waals surface area (Å²) in [5.41, 5.74) is 0.868. The number of aromatic nitrogens is 2. The molecule has 2 aromatic rings. The molecule has 3 rings (SSSR count). The number of carbonyl (C=O) groups is 1. The lowest BCUT2D eigenvalue weighted by molar-refractivity contribution is -0.143. The average molecular weight is 271 g/mol. The first-order chi connectivity index (χ1) is 9.75. The highest BCUT2D eigenvalue weighted by Gasteiger charge is 2.31. The van der Waals surface area contributed by atoms with Crippen molar-refractivity contribution in [2.75, 3.05) is 5.32 Å². The second-order valence-corrected chi connectivity index (χ2v) is 5.22. The number of rotatable bonds is 3. The highest BCUT2D eigenvalue weighted by atomic mass is 16.4. The van der Waals surface area contributed by atoms with Crippen molar-refractivity contribution in [1.82, 2.24) is 9.97 Å². The standard InChI is InChI=1S/C15H17N3O2/c19-15(20)11-6-2-4-8-13(11)18-14-10-5-1-3-7-12(10)16-9-17-14/h1,3,5,7,9,11,13H,2,4,6,8H2,(H,19,20)(H,16,17,18). The van der Waals surface area contributed by atoms with Crippen molar-refractivity contribution >= 4 is 22.7 Å². The molecule has 5 nitrogen and oxygen atoms in total. The first-order valence-electron chi connectivity index (χ1n) is 6.95. The second-order valence-electron chi connectivity index (χ2n) is 5.22. The number of hydrogen-bond donors (Lipinski definition) is 2. The minimum Gasteiger partial charge on any atom is -0.481 e. The third kappa shape index (κ3) is 2.43. The van der Waals surface area contributed by atoms with Crippen LogP contribution in [0.15, 0.2) is 30.6 Å². The van der Waals surface area contributed by atoms with Gasteiger partial charge in [0.05, 0.1) is 11.4 Å². The lowest BCUT2D eigenvalue weighted by atomic mass is 9.84. The zero-order valence-corrected chi connectivity index (χ0v) is 11.1. The van der Waals surface area contributed by atoms with Crippen LogP contribution in [0.2, 0.25) is 0 Å².